The maximum atomic E-state index is 13.5. The van der Waals surface area contributed by atoms with E-state index in [9.17, 15) is 14.3 Å². The number of aliphatic carboxylic acids is 1. The average molecular weight is 519 g/mol. The molecule has 0 atom stereocenters. The Morgan fingerprint density at radius 2 is 1.89 bits per heavy atom. The molecule has 35 heavy (non-hydrogen) atoms. The summed E-state index contributed by atoms with van der Waals surface area (Å²) in [6.45, 7) is 9.23. The van der Waals surface area contributed by atoms with Crippen LogP contribution in [0.3, 0.4) is 0 Å². The van der Waals surface area contributed by atoms with E-state index in [1.165, 1.54) is 60.9 Å². The van der Waals surface area contributed by atoms with Gasteiger partial charge in [-0.3, -0.25) is 4.79 Å². The van der Waals surface area contributed by atoms with E-state index in [0.29, 0.717) is 0 Å². The number of rotatable bonds is 14. The zero-order chi connectivity index (χ0) is 25.4. The number of aryl methyl sites for hydroxylation is 1. The van der Waals surface area contributed by atoms with Crippen molar-refractivity contribution >= 4 is 34.9 Å². The number of nitrogens with zero attached hydrogens (tertiary/aromatic N) is 4. The molecule has 0 saturated heterocycles. The van der Waals surface area contributed by atoms with Crippen molar-refractivity contribution in [3.8, 4) is 5.69 Å². The van der Waals surface area contributed by atoms with E-state index >= 15 is 0 Å². The summed E-state index contributed by atoms with van der Waals surface area (Å²) in [5.41, 5.74) is 2.69. The minimum Gasteiger partial charge on any atom is -0.480 e. The number of anilines is 1. The molecule has 2 aromatic heterocycles. The monoisotopic (exact) mass is 518 g/mol. The van der Waals surface area contributed by atoms with Gasteiger partial charge in [0.05, 0.1) is 17.1 Å². The van der Waals surface area contributed by atoms with Gasteiger partial charge in [0, 0.05) is 31.0 Å². The van der Waals surface area contributed by atoms with Crippen LogP contribution in [0.2, 0.25) is 0 Å². The van der Waals surface area contributed by atoms with E-state index in [4.69, 9.17) is 0 Å². The first kappa shape index (κ1) is 27.2. The fourth-order valence-corrected chi connectivity index (χ4v) is 5.92. The van der Waals surface area contributed by atoms with Crippen LogP contribution in [0.25, 0.3) is 5.69 Å². The second kappa shape index (κ2) is 12.5. The van der Waals surface area contributed by atoms with E-state index in [1.54, 1.807) is 26.0 Å². The zero-order valence-electron chi connectivity index (χ0n) is 21.0. The Balaban J connectivity index is 1.76. The Bertz CT molecular complexity index is 1100. The Labute approximate surface area is 215 Å². The third kappa shape index (κ3) is 7.80. The standard InChI is InChI=1S/C26H35FN4O2S2/c1-5-6-7-8-9-15-30(16-14-21-18-34-25(28-21)35-26(3,4)24(32)33)23-17-19(2)29-31(23)22-12-10-20(27)11-13-22/h10-13,17-18H,5-9,14-16H2,1-4H3,(H,32,33). The molecule has 0 bridgehead atoms. The van der Waals surface area contributed by atoms with Crippen molar-refractivity contribution in [3.63, 3.8) is 0 Å². The van der Waals surface area contributed by atoms with Gasteiger partial charge in [0.2, 0.25) is 0 Å². The molecule has 0 amide bonds. The normalized spacial score (nSPS) is 11.7. The van der Waals surface area contributed by atoms with E-state index < -0.39 is 10.7 Å². The van der Waals surface area contributed by atoms with Gasteiger partial charge in [-0.05, 0) is 51.5 Å². The number of thioether (sulfide) groups is 1. The molecule has 0 aliphatic rings. The molecule has 0 saturated carbocycles. The third-order valence-corrected chi connectivity index (χ3v) is 7.94. The van der Waals surface area contributed by atoms with E-state index in [-0.39, 0.29) is 5.82 Å². The molecule has 0 aliphatic heterocycles. The molecule has 190 valence electrons. The van der Waals surface area contributed by atoms with Crippen LogP contribution in [-0.4, -0.2) is 43.7 Å². The molecule has 1 N–H and O–H groups in total. The Morgan fingerprint density at radius 1 is 1.17 bits per heavy atom. The van der Waals surface area contributed by atoms with Crippen LogP contribution in [0.4, 0.5) is 10.2 Å². The molecule has 6 nitrogen and oxygen atoms in total. The molecule has 0 spiro atoms. The molecular weight excluding hydrogens is 483 g/mol. The summed E-state index contributed by atoms with van der Waals surface area (Å²) >= 11 is 2.77. The molecule has 3 aromatic rings. The maximum absolute atomic E-state index is 13.5. The van der Waals surface area contributed by atoms with Crippen molar-refractivity contribution in [1.29, 1.82) is 0 Å². The summed E-state index contributed by atoms with van der Waals surface area (Å²) in [6, 6.07) is 8.49. The lowest BCUT2D eigenvalue weighted by Gasteiger charge is -2.25. The van der Waals surface area contributed by atoms with Crippen molar-refractivity contribution in [2.75, 3.05) is 18.0 Å². The lowest BCUT2D eigenvalue weighted by atomic mass is 10.1. The van der Waals surface area contributed by atoms with Gasteiger partial charge in [0.1, 0.15) is 16.4 Å². The number of thiazole rings is 1. The number of halogens is 1. The molecule has 3 rings (SSSR count). The van der Waals surface area contributed by atoms with Gasteiger partial charge in [0.15, 0.2) is 4.34 Å². The fraction of sp³-hybridized carbons (Fsp3) is 0.500. The third-order valence-electron chi connectivity index (χ3n) is 5.77. The lowest BCUT2D eigenvalue weighted by Crippen LogP contribution is -2.29. The molecular formula is C26H35FN4O2S2. The highest BCUT2D eigenvalue weighted by Crippen LogP contribution is 2.35. The summed E-state index contributed by atoms with van der Waals surface area (Å²) in [6.07, 6.45) is 6.69. The zero-order valence-corrected chi connectivity index (χ0v) is 22.6. The highest BCUT2D eigenvalue weighted by molar-refractivity contribution is 8.03. The first-order chi connectivity index (χ1) is 16.7. The van der Waals surface area contributed by atoms with Gasteiger partial charge in [0.25, 0.3) is 0 Å². The summed E-state index contributed by atoms with van der Waals surface area (Å²) in [5.74, 6) is -0.130. The molecule has 0 unspecified atom stereocenters. The van der Waals surface area contributed by atoms with Gasteiger partial charge in [-0.2, -0.15) is 5.10 Å². The number of aromatic nitrogens is 3. The number of unbranched alkanes of at least 4 members (excludes halogenated alkanes) is 4. The van der Waals surface area contributed by atoms with Crippen molar-refractivity contribution in [1.82, 2.24) is 14.8 Å². The minimum absolute atomic E-state index is 0.268. The summed E-state index contributed by atoms with van der Waals surface area (Å²) in [7, 11) is 0. The predicted molar refractivity (Wildman–Crippen MR) is 143 cm³/mol. The number of hydrogen-bond acceptors (Lipinski definition) is 6. The summed E-state index contributed by atoms with van der Waals surface area (Å²) < 4.78 is 15.3. The first-order valence-corrected chi connectivity index (χ1v) is 13.8. The van der Waals surface area contributed by atoms with Crippen LogP contribution in [0.1, 0.15) is 64.3 Å². The quantitative estimate of drug-likeness (QED) is 0.188. The largest absolute Gasteiger partial charge is 0.480 e. The van der Waals surface area contributed by atoms with Crippen LogP contribution >= 0.6 is 23.1 Å². The highest BCUT2D eigenvalue weighted by Gasteiger charge is 2.29. The smallest absolute Gasteiger partial charge is 0.319 e. The fourth-order valence-electron chi connectivity index (χ4n) is 3.69. The average Bonchev–Trinajstić information content (AvgIpc) is 3.42. The lowest BCUT2D eigenvalue weighted by molar-refractivity contribution is -0.138. The molecule has 0 aliphatic carbocycles. The Morgan fingerprint density at radius 3 is 2.57 bits per heavy atom. The number of carbonyl (C=O) groups is 1. The van der Waals surface area contributed by atoms with Gasteiger partial charge < -0.3 is 10.0 Å². The van der Waals surface area contributed by atoms with Gasteiger partial charge in [-0.15, -0.1) is 11.3 Å². The minimum atomic E-state index is -0.918. The van der Waals surface area contributed by atoms with Gasteiger partial charge in [-0.1, -0.05) is 44.4 Å². The van der Waals surface area contributed by atoms with Gasteiger partial charge in [-0.25, -0.2) is 14.1 Å². The molecule has 9 heteroatoms. The molecule has 1 aromatic carbocycles. The van der Waals surface area contributed by atoms with Crippen LogP contribution in [0, 0.1) is 12.7 Å². The van der Waals surface area contributed by atoms with Crippen molar-refractivity contribution in [3.05, 3.63) is 52.9 Å². The molecule has 0 radical (unpaired) electrons. The second-order valence-corrected chi connectivity index (χ2v) is 11.9. The number of carboxylic acids is 1. The van der Waals surface area contributed by atoms with Crippen molar-refractivity contribution < 1.29 is 14.3 Å². The Kier molecular flexibility index (Phi) is 9.74. The topological polar surface area (TPSA) is 71.2 Å². The summed E-state index contributed by atoms with van der Waals surface area (Å²) in [4.78, 5) is 18.5. The SMILES string of the molecule is CCCCCCCN(CCc1csc(SC(C)(C)C(=O)O)n1)c1cc(C)nn1-c1ccc(F)cc1. The number of hydrogen-bond donors (Lipinski definition) is 1. The van der Waals surface area contributed by atoms with Crippen molar-refractivity contribution in [2.24, 2.45) is 0 Å². The molecule has 0 fully saturated rings. The Hall–Kier alpha value is -2.39. The van der Waals surface area contributed by atoms with Gasteiger partial charge >= 0.3 is 5.97 Å². The number of carboxylic acid groups (broad SMARTS) is 1. The first-order valence-electron chi connectivity index (χ1n) is 12.1. The maximum Gasteiger partial charge on any atom is 0.319 e. The summed E-state index contributed by atoms with van der Waals surface area (Å²) in [5, 5.41) is 16.1. The molecule has 2 heterocycles. The van der Waals surface area contributed by atoms with E-state index in [2.05, 4.69) is 28.0 Å². The van der Waals surface area contributed by atoms with E-state index in [0.717, 1.165) is 53.2 Å². The van der Waals surface area contributed by atoms with Crippen LogP contribution in [0.15, 0.2) is 40.1 Å². The van der Waals surface area contributed by atoms with Crippen LogP contribution in [-0.2, 0) is 11.2 Å². The van der Waals surface area contributed by atoms with Crippen molar-refractivity contribution in [2.45, 2.75) is 75.3 Å². The van der Waals surface area contributed by atoms with Crippen LogP contribution < -0.4 is 4.90 Å². The van der Waals surface area contributed by atoms with Crippen LogP contribution in [0.5, 0.6) is 0 Å². The highest BCUT2D eigenvalue weighted by atomic mass is 32.2. The predicted octanol–water partition coefficient (Wildman–Crippen LogP) is 6.75. The second-order valence-electron chi connectivity index (χ2n) is 9.21. The van der Waals surface area contributed by atoms with E-state index in [1.807, 2.05) is 17.0 Å². The number of benzene rings is 1.